The van der Waals surface area contributed by atoms with Gasteiger partial charge in [0.1, 0.15) is 11.8 Å². The Kier molecular flexibility index (Phi) is 5.36. The van der Waals surface area contributed by atoms with Crippen LogP contribution in [0.2, 0.25) is 0 Å². The van der Waals surface area contributed by atoms with Gasteiger partial charge in [-0.3, -0.25) is 4.79 Å². The Bertz CT molecular complexity index is 313. The SMILES string of the molecule is CCCCC(NOc1ccccc1)C(=O)O. The van der Waals surface area contributed by atoms with Gasteiger partial charge in [0, 0.05) is 0 Å². The number of hydrogen-bond acceptors (Lipinski definition) is 3. The molecule has 0 aromatic heterocycles. The smallest absolute Gasteiger partial charge is 0.324 e. The average molecular weight is 223 g/mol. The van der Waals surface area contributed by atoms with Crippen LogP contribution in [0.5, 0.6) is 5.75 Å². The molecule has 88 valence electrons. The Hall–Kier alpha value is -1.55. The minimum absolute atomic E-state index is 0.568. The van der Waals surface area contributed by atoms with Crippen LogP contribution in [0.25, 0.3) is 0 Å². The van der Waals surface area contributed by atoms with Crippen molar-refractivity contribution in [2.75, 3.05) is 0 Å². The largest absolute Gasteiger partial charge is 0.480 e. The number of benzene rings is 1. The Labute approximate surface area is 95.2 Å². The fourth-order valence-corrected chi connectivity index (χ4v) is 1.27. The maximum Gasteiger partial charge on any atom is 0.324 e. The van der Waals surface area contributed by atoms with Crippen LogP contribution in [0.15, 0.2) is 30.3 Å². The van der Waals surface area contributed by atoms with E-state index in [0.717, 1.165) is 12.8 Å². The number of carbonyl (C=O) groups is 1. The highest BCUT2D eigenvalue weighted by Crippen LogP contribution is 2.08. The van der Waals surface area contributed by atoms with Crippen molar-refractivity contribution in [3.8, 4) is 5.75 Å². The molecule has 0 amide bonds. The molecule has 0 aliphatic rings. The number of rotatable bonds is 7. The first-order valence-corrected chi connectivity index (χ1v) is 5.44. The van der Waals surface area contributed by atoms with Gasteiger partial charge in [0.2, 0.25) is 0 Å². The minimum atomic E-state index is -0.885. The molecule has 0 heterocycles. The minimum Gasteiger partial charge on any atom is -0.480 e. The zero-order valence-corrected chi connectivity index (χ0v) is 9.35. The molecule has 4 nitrogen and oxygen atoms in total. The monoisotopic (exact) mass is 223 g/mol. The lowest BCUT2D eigenvalue weighted by Crippen LogP contribution is -2.38. The van der Waals surface area contributed by atoms with Crippen molar-refractivity contribution in [2.24, 2.45) is 0 Å². The molecule has 0 radical (unpaired) electrons. The van der Waals surface area contributed by atoms with Gasteiger partial charge < -0.3 is 9.94 Å². The molecular weight excluding hydrogens is 206 g/mol. The third-order valence-electron chi connectivity index (χ3n) is 2.21. The van der Waals surface area contributed by atoms with Gasteiger partial charge in [0.25, 0.3) is 0 Å². The van der Waals surface area contributed by atoms with Crippen molar-refractivity contribution < 1.29 is 14.7 Å². The number of hydrogen-bond donors (Lipinski definition) is 2. The first kappa shape index (κ1) is 12.5. The molecule has 0 fully saturated rings. The third-order valence-corrected chi connectivity index (χ3v) is 2.21. The van der Waals surface area contributed by atoms with Crippen molar-refractivity contribution in [3.63, 3.8) is 0 Å². The molecule has 0 saturated heterocycles. The summed E-state index contributed by atoms with van der Waals surface area (Å²) < 4.78 is 0. The quantitative estimate of drug-likeness (QED) is 0.696. The van der Waals surface area contributed by atoms with E-state index >= 15 is 0 Å². The van der Waals surface area contributed by atoms with E-state index in [1.54, 1.807) is 12.1 Å². The second kappa shape index (κ2) is 6.85. The first-order valence-electron chi connectivity index (χ1n) is 5.44. The van der Waals surface area contributed by atoms with Crippen LogP contribution in [0.4, 0.5) is 0 Å². The van der Waals surface area contributed by atoms with E-state index in [4.69, 9.17) is 9.94 Å². The van der Waals surface area contributed by atoms with Crippen LogP contribution in [-0.2, 0) is 4.79 Å². The number of nitrogens with one attached hydrogen (secondary N) is 1. The van der Waals surface area contributed by atoms with E-state index in [1.807, 2.05) is 25.1 Å². The number of unbranched alkanes of at least 4 members (excludes halogenated alkanes) is 1. The van der Waals surface area contributed by atoms with Crippen molar-refractivity contribution >= 4 is 5.97 Å². The fraction of sp³-hybridized carbons (Fsp3) is 0.417. The second-order valence-electron chi connectivity index (χ2n) is 3.57. The summed E-state index contributed by atoms with van der Waals surface area (Å²) >= 11 is 0. The van der Waals surface area contributed by atoms with Gasteiger partial charge in [-0.15, -0.1) is 5.48 Å². The highest BCUT2D eigenvalue weighted by molar-refractivity contribution is 5.73. The average Bonchev–Trinajstić information content (AvgIpc) is 2.30. The van der Waals surface area contributed by atoms with Gasteiger partial charge in [-0.2, -0.15) is 0 Å². The van der Waals surface area contributed by atoms with Crippen LogP contribution < -0.4 is 10.3 Å². The standard InChI is InChI=1S/C12H17NO3/c1-2-3-9-11(12(14)15)13-16-10-7-5-4-6-8-10/h4-8,11,13H,2-3,9H2,1H3,(H,14,15). The topological polar surface area (TPSA) is 58.6 Å². The van der Waals surface area contributed by atoms with Crippen molar-refractivity contribution in [1.29, 1.82) is 0 Å². The van der Waals surface area contributed by atoms with Crippen molar-refractivity contribution in [3.05, 3.63) is 30.3 Å². The van der Waals surface area contributed by atoms with Gasteiger partial charge in [0.15, 0.2) is 0 Å². The molecule has 4 heteroatoms. The van der Waals surface area contributed by atoms with Gasteiger partial charge in [0.05, 0.1) is 0 Å². The van der Waals surface area contributed by atoms with Crippen LogP contribution in [-0.4, -0.2) is 17.1 Å². The highest BCUT2D eigenvalue weighted by Gasteiger charge is 2.16. The van der Waals surface area contributed by atoms with E-state index < -0.39 is 12.0 Å². The summed E-state index contributed by atoms with van der Waals surface area (Å²) in [5.41, 5.74) is 2.57. The van der Waals surface area contributed by atoms with E-state index in [2.05, 4.69) is 5.48 Å². The number of para-hydroxylation sites is 1. The third kappa shape index (κ3) is 4.31. The molecule has 0 saturated carbocycles. The first-order chi connectivity index (χ1) is 7.74. The van der Waals surface area contributed by atoms with E-state index in [-0.39, 0.29) is 0 Å². The lowest BCUT2D eigenvalue weighted by atomic mass is 10.1. The predicted molar refractivity (Wildman–Crippen MR) is 61.2 cm³/mol. The molecular formula is C12H17NO3. The van der Waals surface area contributed by atoms with Crippen LogP contribution >= 0.6 is 0 Å². The van der Waals surface area contributed by atoms with E-state index in [0.29, 0.717) is 12.2 Å². The highest BCUT2D eigenvalue weighted by atomic mass is 16.6. The normalized spacial score (nSPS) is 12.1. The summed E-state index contributed by atoms with van der Waals surface area (Å²) in [5, 5.41) is 8.94. The lowest BCUT2D eigenvalue weighted by Gasteiger charge is -2.14. The molecule has 0 aliphatic heterocycles. The van der Waals surface area contributed by atoms with E-state index in [1.165, 1.54) is 0 Å². The number of hydroxylamine groups is 1. The molecule has 1 aromatic rings. The summed E-state index contributed by atoms with van der Waals surface area (Å²) in [4.78, 5) is 16.1. The molecule has 1 unspecified atom stereocenters. The van der Waals surface area contributed by atoms with E-state index in [9.17, 15) is 4.79 Å². The molecule has 0 aliphatic carbocycles. The molecule has 0 bridgehead atoms. The van der Waals surface area contributed by atoms with Gasteiger partial charge in [-0.05, 0) is 18.6 Å². The van der Waals surface area contributed by atoms with Crippen LogP contribution in [0.3, 0.4) is 0 Å². The molecule has 0 spiro atoms. The maximum absolute atomic E-state index is 10.9. The summed E-state index contributed by atoms with van der Waals surface area (Å²) in [6.45, 7) is 2.02. The van der Waals surface area contributed by atoms with Crippen molar-refractivity contribution in [1.82, 2.24) is 5.48 Å². The number of aliphatic carboxylic acids is 1. The summed E-state index contributed by atoms with van der Waals surface area (Å²) in [7, 11) is 0. The Morgan fingerprint density at radius 1 is 1.44 bits per heavy atom. The molecule has 2 N–H and O–H groups in total. The van der Waals surface area contributed by atoms with Crippen molar-refractivity contribution in [2.45, 2.75) is 32.2 Å². The van der Waals surface area contributed by atoms with Gasteiger partial charge in [-0.1, -0.05) is 38.0 Å². The summed E-state index contributed by atoms with van der Waals surface area (Å²) in [6, 6.07) is 8.42. The van der Waals surface area contributed by atoms with Gasteiger partial charge >= 0.3 is 5.97 Å². The molecule has 1 atom stereocenters. The predicted octanol–water partition coefficient (Wildman–Crippen LogP) is 2.21. The Morgan fingerprint density at radius 2 is 2.12 bits per heavy atom. The van der Waals surface area contributed by atoms with Crippen LogP contribution in [0, 0.1) is 0 Å². The molecule has 16 heavy (non-hydrogen) atoms. The molecule has 1 rings (SSSR count). The van der Waals surface area contributed by atoms with Crippen LogP contribution in [0.1, 0.15) is 26.2 Å². The lowest BCUT2D eigenvalue weighted by molar-refractivity contribution is -0.142. The fourth-order valence-electron chi connectivity index (χ4n) is 1.27. The van der Waals surface area contributed by atoms with Gasteiger partial charge in [-0.25, -0.2) is 0 Å². The summed E-state index contributed by atoms with van der Waals surface area (Å²) in [6.07, 6.45) is 2.40. The number of carboxylic acids is 1. The Morgan fingerprint density at radius 3 is 2.69 bits per heavy atom. The zero-order valence-electron chi connectivity index (χ0n) is 9.35. The zero-order chi connectivity index (χ0) is 11.8. The Balaban J connectivity index is 2.41. The second-order valence-corrected chi connectivity index (χ2v) is 3.57. The molecule has 1 aromatic carbocycles. The maximum atomic E-state index is 10.9. The number of carboxylic acid groups (broad SMARTS) is 1. The summed E-state index contributed by atoms with van der Waals surface area (Å²) in [5.74, 6) is -0.269.